The molecule has 0 saturated heterocycles. The number of nitrogens with one attached hydrogen (secondary N) is 1. The zero-order valence-corrected chi connectivity index (χ0v) is 11.2. The molecule has 2 aromatic rings. The fourth-order valence-corrected chi connectivity index (χ4v) is 2.50. The molecule has 0 radical (unpaired) electrons. The lowest BCUT2D eigenvalue weighted by atomic mass is 9.94. The SMILES string of the molecule is CC1(C)CCc2c(c3cc([N+](=O)[O-])ccc3[nH]c2=O)O1. The summed E-state index contributed by atoms with van der Waals surface area (Å²) in [5, 5.41) is 11.5. The molecule has 0 aliphatic carbocycles. The number of aromatic amines is 1. The van der Waals surface area contributed by atoms with E-state index in [9.17, 15) is 14.9 Å². The molecule has 0 bridgehead atoms. The van der Waals surface area contributed by atoms with Crippen LogP contribution >= 0.6 is 0 Å². The number of nitrogens with zero attached hydrogens (tertiary/aromatic N) is 1. The van der Waals surface area contributed by atoms with Gasteiger partial charge >= 0.3 is 0 Å². The van der Waals surface area contributed by atoms with Gasteiger partial charge in [-0.1, -0.05) is 0 Å². The average molecular weight is 274 g/mol. The molecule has 1 N–H and O–H groups in total. The van der Waals surface area contributed by atoms with Crippen LogP contribution in [-0.2, 0) is 6.42 Å². The molecule has 0 spiro atoms. The molecule has 0 amide bonds. The summed E-state index contributed by atoms with van der Waals surface area (Å²) in [5.74, 6) is 0.476. The summed E-state index contributed by atoms with van der Waals surface area (Å²) in [5.41, 5.74) is 0.545. The average Bonchev–Trinajstić information content (AvgIpc) is 2.37. The topological polar surface area (TPSA) is 85.2 Å². The Morgan fingerprint density at radius 3 is 2.85 bits per heavy atom. The monoisotopic (exact) mass is 274 g/mol. The normalized spacial score (nSPS) is 16.5. The molecule has 0 unspecified atom stereocenters. The van der Waals surface area contributed by atoms with Gasteiger partial charge in [-0.3, -0.25) is 14.9 Å². The van der Waals surface area contributed by atoms with Crippen LogP contribution in [0.3, 0.4) is 0 Å². The van der Waals surface area contributed by atoms with E-state index in [2.05, 4.69) is 4.98 Å². The Kier molecular flexibility index (Phi) is 2.57. The molecule has 6 heteroatoms. The minimum atomic E-state index is -0.453. The van der Waals surface area contributed by atoms with Gasteiger partial charge in [0.1, 0.15) is 11.4 Å². The highest BCUT2D eigenvalue weighted by Gasteiger charge is 2.30. The van der Waals surface area contributed by atoms with Crippen LogP contribution in [0.15, 0.2) is 23.0 Å². The summed E-state index contributed by atoms with van der Waals surface area (Å²) in [7, 11) is 0. The van der Waals surface area contributed by atoms with E-state index in [-0.39, 0.29) is 16.8 Å². The van der Waals surface area contributed by atoms with Gasteiger partial charge in [0.25, 0.3) is 11.2 Å². The van der Waals surface area contributed by atoms with Crippen molar-refractivity contribution in [3.63, 3.8) is 0 Å². The fraction of sp³-hybridized carbons (Fsp3) is 0.357. The number of hydrogen-bond acceptors (Lipinski definition) is 4. The zero-order chi connectivity index (χ0) is 14.5. The second-order valence-electron chi connectivity index (χ2n) is 5.61. The summed E-state index contributed by atoms with van der Waals surface area (Å²) in [6.45, 7) is 3.89. The lowest BCUT2D eigenvalue weighted by Crippen LogP contribution is -2.35. The van der Waals surface area contributed by atoms with Gasteiger partial charge in [0.05, 0.1) is 16.0 Å². The zero-order valence-electron chi connectivity index (χ0n) is 11.2. The number of nitro benzene ring substituents is 1. The number of pyridine rings is 1. The van der Waals surface area contributed by atoms with Crippen molar-refractivity contribution in [1.29, 1.82) is 0 Å². The largest absolute Gasteiger partial charge is 0.487 e. The Balaban J connectivity index is 2.33. The van der Waals surface area contributed by atoms with E-state index in [1.807, 2.05) is 13.8 Å². The van der Waals surface area contributed by atoms with Gasteiger partial charge in [0, 0.05) is 17.5 Å². The smallest absolute Gasteiger partial charge is 0.270 e. The third kappa shape index (κ3) is 1.93. The van der Waals surface area contributed by atoms with Gasteiger partial charge < -0.3 is 9.72 Å². The van der Waals surface area contributed by atoms with Crippen molar-refractivity contribution in [2.45, 2.75) is 32.3 Å². The summed E-state index contributed by atoms with van der Waals surface area (Å²) < 4.78 is 5.91. The minimum Gasteiger partial charge on any atom is -0.487 e. The Labute approximate surface area is 114 Å². The molecule has 3 rings (SSSR count). The van der Waals surface area contributed by atoms with Crippen molar-refractivity contribution < 1.29 is 9.66 Å². The molecule has 0 fully saturated rings. The second-order valence-corrected chi connectivity index (χ2v) is 5.61. The van der Waals surface area contributed by atoms with E-state index in [1.165, 1.54) is 12.1 Å². The van der Waals surface area contributed by atoms with Gasteiger partial charge in [-0.05, 0) is 32.8 Å². The van der Waals surface area contributed by atoms with Gasteiger partial charge in [0.2, 0.25) is 0 Å². The van der Waals surface area contributed by atoms with Crippen molar-refractivity contribution in [3.05, 3.63) is 44.2 Å². The van der Waals surface area contributed by atoms with Crippen LogP contribution in [0.2, 0.25) is 0 Å². The number of aromatic nitrogens is 1. The quantitative estimate of drug-likeness (QED) is 0.639. The highest BCUT2D eigenvalue weighted by atomic mass is 16.6. The molecule has 1 aromatic heterocycles. The summed E-state index contributed by atoms with van der Waals surface area (Å²) in [4.78, 5) is 25.2. The van der Waals surface area contributed by atoms with Crippen molar-refractivity contribution in [2.75, 3.05) is 0 Å². The molecule has 1 aromatic carbocycles. The maximum atomic E-state index is 12.0. The fourth-order valence-electron chi connectivity index (χ4n) is 2.50. The number of nitro groups is 1. The van der Waals surface area contributed by atoms with Crippen LogP contribution in [0.4, 0.5) is 5.69 Å². The molecule has 1 aliphatic heterocycles. The molecule has 1 aliphatic rings. The maximum Gasteiger partial charge on any atom is 0.270 e. The predicted molar refractivity (Wildman–Crippen MR) is 74.3 cm³/mol. The van der Waals surface area contributed by atoms with Gasteiger partial charge in [-0.15, -0.1) is 0 Å². The highest BCUT2D eigenvalue weighted by Crippen LogP contribution is 2.37. The van der Waals surface area contributed by atoms with E-state index in [0.717, 1.165) is 6.42 Å². The number of rotatable bonds is 1. The Morgan fingerprint density at radius 2 is 2.15 bits per heavy atom. The first-order valence-corrected chi connectivity index (χ1v) is 6.40. The van der Waals surface area contributed by atoms with Crippen molar-refractivity contribution in [1.82, 2.24) is 4.98 Å². The van der Waals surface area contributed by atoms with Crippen molar-refractivity contribution in [2.24, 2.45) is 0 Å². The number of H-pyrrole nitrogens is 1. The van der Waals surface area contributed by atoms with Gasteiger partial charge in [-0.2, -0.15) is 0 Å². The van der Waals surface area contributed by atoms with E-state index < -0.39 is 4.92 Å². The molecule has 6 nitrogen and oxygen atoms in total. The Bertz CT molecular complexity index is 777. The second kappa shape index (κ2) is 4.06. The number of benzene rings is 1. The summed E-state index contributed by atoms with van der Waals surface area (Å²) in [6, 6.07) is 4.37. The number of fused-ring (bicyclic) bond motifs is 3. The molecule has 2 heterocycles. The molecular formula is C14H14N2O4. The Morgan fingerprint density at radius 1 is 1.40 bits per heavy atom. The van der Waals surface area contributed by atoms with Crippen LogP contribution < -0.4 is 10.3 Å². The first kappa shape index (κ1) is 12.7. The third-order valence-electron chi connectivity index (χ3n) is 3.61. The molecule has 0 saturated carbocycles. The van der Waals surface area contributed by atoms with Gasteiger partial charge in [-0.25, -0.2) is 0 Å². The first-order chi connectivity index (χ1) is 9.37. The van der Waals surface area contributed by atoms with Crippen molar-refractivity contribution in [3.8, 4) is 5.75 Å². The predicted octanol–water partition coefficient (Wildman–Crippen LogP) is 2.54. The maximum absolute atomic E-state index is 12.0. The van der Waals surface area contributed by atoms with E-state index in [0.29, 0.717) is 28.6 Å². The van der Waals surface area contributed by atoms with Crippen LogP contribution in [-0.4, -0.2) is 15.5 Å². The van der Waals surface area contributed by atoms with Crippen molar-refractivity contribution >= 4 is 16.6 Å². The summed E-state index contributed by atoms with van der Waals surface area (Å²) >= 11 is 0. The van der Waals surface area contributed by atoms with Gasteiger partial charge in [0.15, 0.2) is 0 Å². The molecule has 20 heavy (non-hydrogen) atoms. The van der Waals surface area contributed by atoms with E-state index >= 15 is 0 Å². The lowest BCUT2D eigenvalue weighted by molar-refractivity contribution is -0.384. The molecule has 0 atom stereocenters. The Hall–Kier alpha value is -2.37. The van der Waals surface area contributed by atoms with Crippen LogP contribution in [0.1, 0.15) is 25.8 Å². The third-order valence-corrected chi connectivity index (χ3v) is 3.61. The lowest BCUT2D eigenvalue weighted by Gasteiger charge is -2.32. The van der Waals surface area contributed by atoms with E-state index in [1.54, 1.807) is 6.07 Å². The molecule has 104 valence electrons. The van der Waals surface area contributed by atoms with E-state index in [4.69, 9.17) is 4.74 Å². The van der Waals surface area contributed by atoms with Crippen LogP contribution in [0.5, 0.6) is 5.75 Å². The highest BCUT2D eigenvalue weighted by molar-refractivity contribution is 5.88. The number of hydrogen-bond donors (Lipinski definition) is 1. The first-order valence-electron chi connectivity index (χ1n) is 6.40. The number of non-ortho nitro benzene ring substituents is 1. The molecular weight excluding hydrogens is 260 g/mol. The standard InChI is InChI=1S/C14H14N2O4/c1-14(2)6-5-9-12(20-14)10-7-8(16(18)19)3-4-11(10)15-13(9)17/h3-4,7H,5-6H2,1-2H3,(H,15,17). The number of ether oxygens (including phenoxy) is 1. The summed E-state index contributed by atoms with van der Waals surface area (Å²) in [6.07, 6.45) is 1.35. The van der Waals surface area contributed by atoms with Crippen LogP contribution in [0.25, 0.3) is 10.9 Å². The van der Waals surface area contributed by atoms with Crippen LogP contribution in [0, 0.1) is 10.1 Å². The minimum absolute atomic E-state index is 0.0151.